The standard InChI is InChI=1S/C21H21N3O2/c1-24-21-19(14-22-24)18(13-20(25)23-21)16-7-9-17(10-8-16)26-12-11-15-5-3-2-4-6-15/h2-10,14,18H,11-13H2,1H3,(H,23,25)/t18-/m0/s1. The number of benzene rings is 2. The fraction of sp³-hybridized carbons (Fsp3) is 0.238. The number of nitrogens with zero attached hydrogens (tertiary/aromatic N) is 2. The van der Waals surface area contributed by atoms with E-state index >= 15 is 0 Å². The maximum Gasteiger partial charge on any atom is 0.226 e. The Morgan fingerprint density at radius 1 is 1.15 bits per heavy atom. The highest BCUT2D eigenvalue weighted by Crippen LogP contribution is 2.37. The van der Waals surface area contributed by atoms with Crippen molar-refractivity contribution in [3.8, 4) is 5.75 Å². The van der Waals surface area contributed by atoms with Gasteiger partial charge in [0.25, 0.3) is 0 Å². The van der Waals surface area contributed by atoms with Crippen LogP contribution in [0.15, 0.2) is 60.8 Å². The van der Waals surface area contributed by atoms with Crippen molar-refractivity contribution in [1.82, 2.24) is 9.78 Å². The summed E-state index contributed by atoms with van der Waals surface area (Å²) in [5.41, 5.74) is 3.43. The molecule has 1 N–H and O–H groups in total. The summed E-state index contributed by atoms with van der Waals surface area (Å²) < 4.78 is 7.56. The number of hydrogen-bond acceptors (Lipinski definition) is 3. The molecule has 1 aromatic heterocycles. The lowest BCUT2D eigenvalue weighted by atomic mass is 9.87. The van der Waals surface area contributed by atoms with Gasteiger partial charge in [-0.1, -0.05) is 42.5 Å². The van der Waals surface area contributed by atoms with Crippen molar-refractivity contribution >= 4 is 11.7 Å². The van der Waals surface area contributed by atoms with E-state index in [1.165, 1.54) is 5.56 Å². The van der Waals surface area contributed by atoms with E-state index in [9.17, 15) is 4.79 Å². The van der Waals surface area contributed by atoms with Crippen LogP contribution in [-0.4, -0.2) is 22.3 Å². The van der Waals surface area contributed by atoms with Gasteiger partial charge in [-0.3, -0.25) is 9.48 Å². The van der Waals surface area contributed by atoms with E-state index in [1.807, 2.05) is 55.7 Å². The number of aromatic nitrogens is 2. The summed E-state index contributed by atoms with van der Waals surface area (Å²) in [6.45, 7) is 0.641. The first-order valence-electron chi connectivity index (χ1n) is 8.79. The molecule has 0 bridgehead atoms. The van der Waals surface area contributed by atoms with Gasteiger partial charge in [0.1, 0.15) is 11.6 Å². The number of carbonyl (C=O) groups is 1. The second-order valence-electron chi connectivity index (χ2n) is 6.53. The molecule has 26 heavy (non-hydrogen) atoms. The molecule has 0 saturated heterocycles. The minimum Gasteiger partial charge on any atom is -0.493 e. The van der Waals surface area contributed by atoms with Crippen molar-refractivity contribution in [3.63, 3.8) is 0 Å². The van der Waals surface area contributed by atoms with Crippen LogP contribution in [0.25, 0.3) is 0 Å². The van der Waals surface area contributed by atoms with Gasteiger partial charge in [-0.15, -0.1) is 0 Å². The summed E-state index contributed by atoms with van der Waals surface area (Å²) in [7, 11) is 1.84. The van der Waals surface area contributed by atoms with Crippen molar-refractivity contribution in [3.05, 3.63) is 77.5 Å². The lowest BCUT2D eigenvalue weighted by Crippen LogP contribution is -2.24. The fourth-order valence-corrected chi connectivity index (χ4v) is 3.37. The number of nitrogens with one attached hydrogen (secondary N) is 1. The van der Waals surface area contributed by atoms with E-state index in [2.05, 4.69) is 22.5 Å². The third-order valence-electron chi connectivity index (χ3n) is 4.77. The summed E-state index contributed by atoms with van der Waals surface area (Å²) in [5, 5.41) is 7.17. The summed E-state index contributed by atoms with van der Waals surface area (Å²) in [6, 6.07) is 18.3. The van der Waals surface area contributed by atoms with Crippen molar-refractivity contribution in [2.24, 2.45) is 7.05 Å². The maximum absolute atomic E-state index is 12.0. The molecule has 0 radical (unpaired) electrons. The number of rotatable bonds is 5. The van der Waals surface area contributed by atoms with Gasteiger partial charge >= 0.3 is 0 Å². The van der Waals surface area contributed by atoms with Gasteiger partial charge in [-0.25, -0.2) is 0 Å². The topological polar surface area (TPSA) is 56.2 Å². The van der Waals surface area contributed by atoms with Crippen LogP contribution in [0.5, 0.6) is 5.75 Å². The smallest absolute Gasteiger partial charge is 0.226 e. The molecule has 5 nitrogen and oxygen atoms in total. The molecule has 1 atom stereocenters. The Labute approximate surface area is 152 Å². The Hall–Kier alpha value is -3.08. The average molecular weight is 347 g/mol. The van der Waals surface area contributed by atoms with Crippen LogP contribution in [0.2, 0.25) is 0 Å². The highest BCUT2D eigenvalue weighted by atomic mass is 16.5. The first-order chi connectivity index (χ1) is 12.7. The summed E-state index contributed by atoms with van der Waals surface area (Å²) >= 11 is 0. The molecule has 0 spiro atoms. The van der Waals surface area contributed by atoms with Crippen LogP contribution in [0.1, 0.15) is 29.0 Å². The molecule has 0 saturated carbocycles. The van der Waals surface area contributed by atoms with Crippen molar-refractivity contribution in [2.75, 3.05) is 11.9 Å². The summed E-state index contributed by atoms with van der Waals surface area (Å²) in [4.78, 5) is 12.0. The highest BCUT2D eigenvalue weighted by molar-refractivity contribution is 5.94. The average Bonchev–Trinajstić information content (AvgIpc) is 3.03. The van der Waals surface area contributed by atoms with Gasteiger partial charge in [0.05, 0.1) is 12.8 Å². The lowest BCUT2D eigenvalue weighted by molar-refractivity contribution is -0.116. The van der Waals surface area contributed by atoms with Crippen LogP contribution in [0.4, 0.5) is 5.82 Å². The molecule has 1 amide bonds. The maximum atomic E-state index is 12.0. The first kappa shape index (κ1) is 16.4. The molecular weight excluding hydrogens is 326 g/mol. The molecule has 0 unspecified atom stereocenters. The van der Waals surface area contributed by atoms with Gasteiger partial charge in [-0.05, 0) is 23.3 Å². The van der Waals surface area contributed by atoms with Crippen molar-refractivity contribution in [1.29, 1.82) is 0 Å². The molecule has 2 aromatic carbocycles. The Morgan fingerprint density at radius 2 is 1.92 bits per heavy atom. The Kier molecular flexibility index (Phi) is 4.44. The first-order valence-corrected chi connectivity index (χ1v) is 8.79. The summed E-state index contributed by atoms with van der Waals surface area (Å²) in [5.74, 6) is 1.69. The largest absolute Gasteiger partial charge is 0.493 e. The number of amides is 1. The minimum absolute atomic E-state index is 0.0225. The second-order valence-corrected chi connectivity index (χ2v) is 6.53. The van der Waals surface area contributed by atoms with E-state index < -0.39 is 0 Å². The highest BCUT2D eigenvalue weighted by Gasteiger charge is 2.29. The Morgan fingerprint density at radius 3 is 2.69 bits per heavy atom. The van der Waals surface area contributed by atoms with Gasteiger partial charge in [-0.2, -0.15) is 5.10 Å². The van der Waals surface area contributed by atoms with Gasteiger partial charge in [0.2, 0.25) is 5.91 Å². The lowest BCUT2D eigenvalue weighted by Gasteiger charge is -2.23. The normalized spacial score (nSPS) is 16.0. The molecule has 132 valence electrons. The van der Waals surface area contributed by atoms with Gasteiger partial charge in [0.15, 0.2) is 0 Å². The summed E-state index contributed by atoms with van der Waals surface area (Å²) in [6.07, 6.45) is 3.15. The predicted molar refractivity (Wildman–Crippen MR) is 100 cm³/mol. The van der Waals surface area contributed by atoms with E-state index in [-0.39, 0.29) is 11.8 Å². The molecule has 1 aliphatic heterocycles. The third kappa shape index (κ3) is 3.33. The Balaban J connectivity index is 1.44. The van der Waals surface area contributed by atoms with Crippen LogP contribution >= 0.6 is 0 Å². The SMILES string of the molecule is Cn1ncc2c1NC(=O)C[C@H]2c1ccc(OCCc2ccccc2)cc1. The van der Waals surface area contributed by atoms with Gasteiger partial charge < -0.3 is 10.1 Å². The Bertz CT molecular complexity index is 901. The zero-order chi connectivity index (χ0) is 17.9. The molecule has 2 heterocycles. The molecule has 1 aliphatic rings. The molecule has 0 aliphatic carbocycles. The predicted octanol–water partition coefficient (Wildman–Crippen LogP) is 3.52. The molecule has 3 aromatic rings. The van der Waals surface area contributed by atoms with E-state index in [0.29, 0.717) is 13.0 Å². The number of aryl methyl sites for hydroxylation is 1. The number of ether oxygens (including phenoxy) is 1. The molecule has 0 fully saturated rings. The zero-order valence-electron chi connectivity index (χ0n) is 14.7. The van der Waals surface area contributed by atoms with E-state index in [0.717, 1.165) is 29.1 Å². The quantitative estimate of drug-likeness (QED) is 0.768. The third-order valence-corrected chi connectivity index (χ3v) is 4.77. The van der Waals surface area contributed by atoms with E-state index in [1.54, 1.807) is 4.68 Å². The van der Waals surface area contributed by atoms with E-state index in [4.69, 9.17) is 4.74 Å². The fourth-order valence-electron chi connectivity index (χ4n) is 3.37. The molecule has 5 heteroatoms. The van der Waals surface area contributed by atoms with Gasteiger partial charge in [0, 0.05) is 31.4 Å². The molecule has 4 rings (SSSR count). The van der Waals surface area contributed by atoms with Crippen LogP contribution in [-0.2, 0) is 18.3 Å². The van der Waals surface area contributed by atoms with Crippen LogP contribution in [0.3, 0.4) is 0 Å². The molecular formula is C21H21N3O2. The zero-order valence-corrected chi connectivity index (χ0v) is 14.7. The van der Waals surface area contributed by atoms with Crippen LogP contribution < -0.4 is 10.1 Å². The number of anilines is 1. The number of carbonyl (C=O) groups excluding carboxylic acids is 1. The monoisotopic (exact) mass is 347 g/mol. The van der Waals surface area contributed by atoms with Crippen molar-refractivity contribution < 1.29 is 9.53 Å². The van der Waals surface area contributed by atoms with Crippen molar-refractivity contribution in [2.45, 2.75) is 18.8 Å². The number of fused-ring (bicyclic) bond motifs is 1. The number of hydrogen-bond donors (Lipinski definition) is 1. The van der Waals surface area contributed by atoms with Crippen LogP contribution in [0, 0.1) is 0 Å². The minimum atomic E-state index is 0.0225. The second kappa shape index (κ2) is 7.04.